The Balaban J connectivity index is 1.50. The number of anilines is 3. The summed E-state index contributed by atoms with van der Waals surface area (Å²) in [4.78, 5) is 29.1. The molecule has 2 N–H and O–H groups in total. The van der Waals surface area contributed by atoms with E-state index in [1.54, 1.807) is 24.3 Å². The summed E-state index contributed by atoms with van der Waals surface area (Å²) >= 11 is 0. The largest absolute Gasteiger partial charge is 0.478 e. The van der Waals surface area contributed by atoms with Gasteiger partial charge in [0.1, 0.15) is 0 Å². The van der Waals surface area contributed by atoms with Crippen LogP contribution in [0.5, 0.6) is 0 Å². The first kappa shape index (κ1) is 20.5. The van der Waals surface area contributed by atoms with E-state index in [0.29, 0.717) is 11.3 Å². The normalized spacial score (nSPS) is 13.7. The number of amides is 1. The first-order valence-corrected chi connectivity index (χ1v) is 10.3. The van der Waals surface area contributed by atoms with Crippen molar-refractivity contribution in [2.75, 3.05) is 41.3 Å². The predicted molar refractivity (Wildman–Crippen MR) is 123 cm³/mol. The van der Waals surface area contributed by atoms with E-state index in [-0.39, 0.29) is 11.5 Å². The summed E-state index contributed by atoms with van der Waals surface area (Å²) in [7, 11) is 0. The molecule has 1 aliphatic heterocycles. The van der Waals surface area contributed by atoms with Gasteiger partial charge in [-0.1, -0.05) is 36.4 Å². The molecular weight excluding hydrogens is 390 g/mol. The maximum Gasteiger partial charge on any atom is 0.337 e. The van der Waals surface area contributed by atoms with Crippen molar-refractivity contribution in [3.63, 3.8) is 0 Å². The zero-order valence-corrected chi connectivity index (χ0v) is 17.4. The molecule has 6 heteroatoms. The van der Waals surface area contributed by atoms with Gasteiger partial charge in [-0.3, -0.25) is 4.79 Å². The van der Waals surface area contributed by atoms with E-state index in [0.717, 1.165) is 37.4 Å². The Bertz CT molecular complexity index is 1090. The molecule has 0 saturated carbocycles. The lowest BCUT2D eigenvalue weighted by atomic mass is 10.1. The van der Waals surface area contributed by atoms with Crippen molar-refractivity contribution in [3.8, 4) is 0 Å². The van der Waals surface area contributed by atoms with Crippen molar-refractivity contribution in [2.24, 2.45) is 0 Å². The van der Waals surface area contributed by atoms with Gasteiger partial charge in [0.2, 0.25) is 0 Å². The first-order valence-electron chi connectivity index (χ1n) is 10.3. The van der Waals surface area contributed by atoms with Gasteiger partial charge in [-0.15, -0.1) is 0 Å². The highest BCUT2D eigenvalue weighted by Gasteiger charge is 2.21. The average Bonchev–Trinajstić information content (AvgIpc) is 2.80. The number of carbonyl (C=O) groups is 2. The topological polar surface area (TPSA) is 72.9 Å². The molecule has 0 spiro atoms. The maximum atomic E-state index is 12.6. The molecular formula is C25H25N3O3. The summed E-state index contributed by atoms with van der Waals surface area (Å²) in [6.45, 7) is 5.16. The third kappa shape index (κ3) is 4.53. The summed E-state index contributed by atoms with van der Waals surface area (Å²) in [5, 5.41) is 12.5. The highest BCUT2D eigenvalue weighted by Crippen LogP contribution is 2.26. The van der Waals surface area contributed by atoms with E-state index in [9.17, 15) is 14.7 Å². The number of carbonyl (C=O) groups excluding carboxylic acids is 1. The SMILES string of the molecule is Cc1ccccc1C(=O)Nc1ccc(N2CCN(c3ccccc3)CC2)cc1C(=O)O. The lowest BCUT2D eigenvalue weighted by Crippen LogP contribution is -2.46. The lowest BCUT2D eigenvalue weighted by Gasteiger charge is -2.37. The standard InChI is InChI=1S/C25H25N3O3/c1-18-7-5-6-10-21(18)24(29)26-23-12-11-20(17-22(23)25(30)31)28-15-13-27(14-16-28)19-8-3-2-4-9-19/h2-12,17H,13-16H2,1H3,(H,26,29)(H,30,31). The smallest absolute Gasteiger partial charge is 0.337 e. The van der Waals surface area contributed by atoms with Gasteiger partial charge in [-0.2, -0.15) is 0 Å². The molecule has 0 unspecified atom stereocenters. The van der Waals surface area contributed by atoms with Gasteiger partial charge in [0.15, 0.2) is 0 Å². The van der Waals surface area contributed by atoms with Crippen LogP contribution in [0, 0.1) is 6.92 Å². The number of aryl methyl sites for hydroxylation is 1. The number of hydrogen-bond acceptors (Lipinski definition) is 4. The molecule has 3 aromatic rings. The van der Waals surface area contributed by atoms with E-state index < -0.39 is 5.97 Å². The van der Waals surface area contributed by atoms with Gasteiger partial charge in [0.05, 0.1) is 11.3 Å². The van der Waals surface area contributed by atoms with Crippen LogP contribution in [0.25, 0.3) is 0 Å². The molecule has 31 heavy (non-hydrogen) atoms. The number of carboxylic acid groups (broad SMARTS) is 1. The van der Waals surface area contributed by atoms with Gasteiger partial charge in [-0.05, 0) is 48.9 Å². The van der Waals surface area contributed by atoms with Crippen molar-refractivity contribution in [1.29, 1.82) is 0 Å². The lowest BCUT2D eigenvalue weighted by molar-refractivity contribution is 0.0698. The molecule has 0 bridgehead atoms. The van der Waals surface area contributed by atoms with Gasteiger partial charge >= 0.3 is 5.97 Å². The summed E-state index contributed by atoms with van der Waals surface area (Å²) in [5.41, 5.74) is 3.80. The van der Waals surface area contributed by atoms with Crippen LogP contribution in [0.4, 0.5) is 17.1 Å². The molecule has 6 nitrogen and oxygen atoms in total. The Morgan fingerprint density at radius 1 is 0.774 bits per heavy atom. The molecule has 0 aromatic heterocycles. The van der Waals surface area contributed by atoms with E-state index in [1.165, 1.54) is 5.69 Å². The summed E-state index contributed by atoms with van der Waals surface area (Å²) in [6, 6.07) is 22.7. The zero-order valence-electron chi connectivity index (χ0n) is 17.4. The van der Waals surface area contributed by atoms with E-state index in [4.69, 9.17) is 0 Å². The van der Waals surface area contributed by atoms with Crippen LogP contribution in [-0.4, -0.2) is 43.2 Å². The van der Waals surface area contributed by atoms with Crippen molar-refractivity contribution < 1.29 is 14.7 Å². The maximum absolute atomic E-state index is 12.6. The molecule has 0 radical (unpaired) electrons. The second-order valence-electron chi connectivity index (χ2n) is 7.61. The van der Waals surface area contributed by atoms with Crippen molar-refractivity contribution >= 4 is 28.9 Å². The highest BCUT2D eigenvalue weighted by molar-refractivity contribution is 6.08. The Morgan fingerprint density at radius 2 is 1.39 bits per heavy atom. The van der Waals surface area contributed by atoms with E-state index in [1.807, 2.05) is 43.3 Å². The minimum Gasteiger partial charge on any atom is -0.478 e. The van der Waals surface area contributed by atoms with Crippen LogP contribution in [0.1, 0.15) is 26.3 Å². The molecule has 3 aromatic carbocycles. The average molecular weight is 415 g/mol. The fourth-order valence-corrected chi connectivity index (χ4v) is 3.89. The third-order valence-electron chi connectivity index (χ3n) is 5.64. The summed E-state index contributed by atoms with van der Waals surface area (Å²) in [5.74, 6) is -1.38. The Morgan fingerprint density at radius 3 is 2.03 bits per heavy atom. The van der Waals surface area contributed by atoms with Crippen molar-refractivity contribution in [2.45, 2.75) is 6.92 Å². The van der Waals surface area contributed by atoms with E-state index >= 15 is 0 Å². The van der Waals surface area contributed by atoms with Gasteiger partial charge in [0, 0.05) is 43.1 Å². The number of benzene rings is 3. The van der Waals surface area contributed by atoms with Gasteiger partial charge in [0.25, 0.3) is 5.91 Å². The Hall–Kier alpha value is -3.80. The van der Waals surface area contributed by atoms with Gasteiger partial charge in [-0.25, -0.2) is 4.79 Å². The van der Waals surface area contributed by atoms with Crippen LogP contribution in [-0.2, 0) is 0 Å². The zero-order chi connectivity index (χ0) is 21.8. The number of nitrogens with zero attached hydrogens (tertiary/aromatic N) is 2. The third-order valence-corrected chi connectivity index (χ3v) is 5.64. The van der Waals surface area contributed by atoms with Crippen molar-refractivity contribution in [3.05, 3.63) is 89.5 Å². The molecule has 1 aliphatic rings. The number of para-hydroxylation sites is 1. The van der Waals surface area contributed by atoms with Gasteiger partial charge < -0.3 is 20.2 Å². The predicted octanol–water partition coefficient (Wildman–Crippen LogP) is 4.27. The molecule has 1 saturated heterocycles. The van der Waals surface area contributed by atoms with Crippen LogP contribution in [0.2, 0.25) is 0 Å². The molecule has 4 rings (SSSR count). The fraction of sp³-hybridized carbons (Fsp3) is 0.200. The minimum atomic E-state index is -1.06. The minimum absolute atomic E-state index is 0.0879. The number of aromatic carboxylic acids is 1. The monoisotopic (exact) mass is 415 g/mol. The molecule has 158 valence electrons. The van der Waals surface area contributed by atoms with Crippen LogP contribution < -0.4 is 15.1 Å². The second kappa shape index (κ2) is 8.92. The van der Waals surface area contributed by atoms with Crippen LogP contribution in [0.15, 0.2) is 72.8 Å². The molecule has 0 atom stereocenters. The van der Waals surface area contributed by atoms with Crippen molar-refractivity contribution in [1.82, 2.24) is 0 Å². The molecule has 1 fully saturated rings. The number of hydrogen-bond donors (Lipinski definition) is 2. The Kier molecular flexibility index (Phi) is 5.89. The number of nitrogens with one attached hydrogen (secondary N) is 1. The van der Waals surface area contributed by atoms with Crippen LogP contribution >= 0.6 is 0 Å². The fourth-order valence-electron chi connectivity index (χ4n) is 3.89. The Labute approximate surface area is 181 Å². The molecule has 1 amide bonds. The van der Waals surface area contributed by atoms with E-state index in [2.05, 4.69) is 27.2 Å². The summed E-state index contributed by atoms with van der Waals surface area (Å²) < 4.78 is 0. The number of rotatable bonds is 5. The number of carboxylic acids is 1. The molecule has 1 heterocycles. The first-order chi connectivity index (χ1) is 15.0. The highest BCUT2D eigenvalue weighted by atomic mass is 16.4. The molecule has 0 aliphatic carbocycles. The summed E-state index contributed by atoms with van der Waals surface area (Å²) in [6.07, 6.45) is 0. The second-order valence-corrected chi connectivity index (χ2v) is 7.61. The van der Waals surface area contributed by atoms with Crippen LogP contribution in [0.3, 0.4) is 0 Å². The quantitative estimate of drug-likeness (QED) is 0.651. The number of piperazine rings is 1.